The lowest BCUT2D eigenvalue weighted by molar-refractivity contribution is 0.215. The number of rotatable bonds is 8. The largest absolute Gasteiger partial charge is 0.493 e. The predicted molar refractivity (Wildman–Crippen MR) is 99.1 cm³/mol. The highest BCUT2D eigenvalue weighted by molar-refractivity contribution is 5.94. The van der Waals surface area contributed by atoms with Crippen molar-refractivity contribution >= 4 is 6.21 Å². The molecule has 0 aliphatic heterocycles. The van der Waals surface area contributed by atoms with Crippen molar-refractivity contribution in [3.63, 3.8) is 0 Å². The topological polar surface area (TPSA) is 88.9 Å². The summed E-state index contributed by atoms with van der Waals surface area (Å²) in [6.45, 7) is 3.78. The fourth-order valence-corrected chi connectivity index (χ4v) is 2.81. The molecule has 0 aliphatic carbocycles. The molecular formula is C19H21N3O4. The van der Waals surface area contributed by atoms with E-state index in [1.54, 1.807) is 33.5 Å². The van der Waals surface area contributed by atoms with Crippen LogP contribution in [0.3, 0.4) is 0 Å². The fourth-order valence-electron chi connectivity index (χ4n) is 2.81. The van der Waals surface area contributed by atoms with Gasteiger partial charge in [-0.25, -0.2) is 0 Å². The summed E-state index contributed by atoms with van der Waals surface area (Å²) in [5.74, 6) is 1.50. The summed E-state index contributed by atoms with van der Waals surface area (Å²) in [5.41, 5.74) is 3.32. The minimum absolute atomic E-state index is 0.425. The number of aromatic amines is 1. The molecule has 0 bridgehead atoms. The lowest BCUT2D eigenvalue weighted by Crippen LogP contribution is -1.99. The van der Waals surface area contributed by atoms with Crippen molar-refractivity contribution in [2.24, 2.45) is 5.16 Å². The van der Waals surface area contributed by atoms with Gasteiger partial charge in [0.2, 0.25) is 5.75 Å². The van der Waals surface area contributed by atoms with E-state index in [0.29, 0.717) is 35.1 Å². The van der Waals surface area contributed by atoms with E-state index in [0.717, 1.165) is 16.7 Å². The van der Waals surface area contributed by atoms with Crippen LogP contribution in [0.5, 0.6) is 17.2 Å². The Hall–Kier alpha value is -3.40. The summed E-state index contributed by atoms with van der Waals surface area (Å²) in [6, 6.07) is 5.80. The molecule has 0 spiro atoms. The molecule has 0 amide bonds. The standard InChI is InChI=1S/C19H21N3O4/c1-6-7-12-14(10-20)22-15(11-21-26-5)17(12)13-8-9-16(23-2)19(25-4)18(13)24-3/h6,8-9,11,22H,1,7H2,2-5H3/b21-11+. The number of nitrogens with one attached hydrogen (secondary N) is 1. The van der Waals surface area contributed by atoms with Crippen molar-refractivity contribution in [2.75, 3.05) is 28.4 Å². The maximum Gasteiger partial charge on any atom is 0.203 e. The Bertz CT molecular complexity index is 863. The van der Waals surface area contributed by atoms with Crippen molar-refractivity contribution in [1.82, 2.24) is 4.98 Å². The minimum Gasteiger partial charge on any atom is -0.493 e. The highest BCUT2D eigenvalue weighted by atomic mass is 16.6. The van der Waals surface area contributed by atoms with Gasteiger partial charge in [-0.3, -0.25) is 0 Å². The van der Waals surface area contributed by atoms with Crippen molar-refractivity contribution in [1.29, 1.82) is 5.26 Å². The van der Waals surface area contributed by atoms with Crippen molar-refractivity contribution in [3.05, 3.63) is 41.7 Å². The molecule has 0 saturated carbocycles. The molecule has 26 heavy (non-hydrogen) atoms. The first-order valence-corrected chi connectivity index (χ1v) is 7.78. The maximum atomic E-state index is 9.50. The van der Waals surface area contributed by atoms with Crippen LogP contribution < -0.4 is 14.2 Å². The van der Waals surface area contributed by atoms with Crippen molar-refractivity contribution in [2.45, 2.75) is 6.42 Å². The van der Waals surface area contributed by atoms with E-state index < -0.39 is 0 Å². The number of H-pyrrole nitrogens is 1. The number of oxime groups is 1. The highest BCUT2D eigenvalue weighted by Gasteiger charge is 2.24. The molecule has 2 aromatic rings. The monoisotopic (exact) mass is 355 g/mol. The van der Waals surface area contributed by atoms with E-state index >= 15 is 0 Å². The first kappa shape index (κ1) is 18.9. The van der Waals surface area contributed by atoms with Gasteiger partial charge in [0, 0.05) is 16.7 Å². The SMILES string of the molecule is C=CCc1c(C#N)[nH]c(/C=N/OC)c1-c1ccc(OC)c(OC)c1OC. The van der Waals surface area contributed by atoms with Crippen LogP contribution in [-0.4, -0.2) is 39.6 Å². The minimum atomic E-state index is 0.425. The molecule has 0 fully saturated rings. The van der Waals surface area contributed by atoms with Gasteiger partial charge in [0.15, 0.2) is 11.5 Å². The summed E-state index contributed by atoms with van der Waals surface area (Å²) in [6.07, 6.45) is 3.74. The van der Waals surface area contributed by atoms with E-state index in [-0.39, 0.29) is 0 Å². The number of benzene rings is 1. The molecular weight excluding hydrogens is 334 g/mol. The van der Waals surface area contributed by atoms with Gasteiger partial charge in [0.1, 0.15) is 18.9 Å². The molecule has 1 aromatic carbocycles. The van der Waals surface area contributed by atoms with E-state index in [4.69, 9.17) is 19.0 Å². The van der Waals surface area contributed by atoms with Gasteiger partial charge in [-0.15, -0.1) is 6.58 Å². The number of aromatic nitrogens is 1. The van der Waals surface area contributed by atoms with Crippen LogP contribution in [0.25, 0.3) is 11.1 Å². The van der Waals surface area contributed by atoms with Gasteiger partial charge in [0.05, 0.1) is 33.2 Å². The average molecular weight is 355 g/mol. The van der Waals surface area contributed by atoms with Crippen LogP contribution in [0.4, 0.5) is 0 Å². The summed E-state index contributed by atoms with van der Waals surface area (Å²) in [4.78, 5) is 7.86. The number of allylic oxidation sites excluding steroid dienone is 1. The Kier molecular flexibility index (Phi) is 6.28. The van der Waals surface area contributed by atoms with Gasteiger partial charge < -0.3 is 24.0 Å². The average Bonchev–Trinajstić information content (AvgIpc) is 3.02. The number of hydrogen-bond acceptors (Lipinski definition) is 6. The summed E-state index contributed by atoms with van der Waals surface area (Å²) in [7, 11) is 6.10. The second-order valence-electron chi connectivity index (χ2n) is 5.17. The number of hydrogen-bond donors (Lipinski definition) is 1. The molecule has 0 aliphatic rings. The number of ether oxygens (including phenoxy) is 3. The second kappa shape index (κ2) is 8.62. The second-order valence-corrected chi connectivity index (χ2v) is 5.17. The molecule has 136 valence electrons. The lowest BCUT2D eigenvalue weighted by Gasteiger charge is -2.16. The zero-order valence-corrected chi connectivity index (χ0v) is 15.3. The smallest absolute Gasteiger partial charge is 0.203 e. The Morgan fingerprint density at radius 3 is 2.42 bits per heavy atom. The molecule has 0 radical (unpaired) electrons. The molecule has 1 aromatic heterocycles. The highest BCUT2D eigenvalue weighted by Crippen LogP contribution is 2.46. The van der Waals surface area contributed by atoms with Gasteiger partial charge in [-0.1, -0.05) is 11.2 Å². The first-order chi connectivity index (χ1) is 12.7. The van der Waals surface area contributed by atoms with Crippen molar-refractivity contribution < 1.29 is 19.0 Å². The van der Waals surface area contributed by atoms with Crippen LogP contribution in [0.2, 0.25) is 0 Å². The van der Waals surface area contributed by atoms with Crippen molar-refractivity contribution in [3.8, 4) is 34.4 Å². The predicted octanol–water partition coefficient (Wildman–Crippen LogP) is 3.29. The maximum absolute atomic E-state index is 9.50. The fraction of sp³-hybridized carbons (Fsp3) is 0.263. The molecule has 1 heterocycles. The Labute approximate surface area is 152 Å². The van der Waals surface area contributed by atoms with Crippen LogP contribution in [0.15, 0.2) is 29.9 Å². The van der Waals surface area contributed by atoms with Gasteiger partial charge in [0.25, 0.3) is 0 Å². The van der Waals surface area contributed by atoms with Crippen LogP contribution >= 0.6 is 0 Å². The molecule has 2 rings (SSSR count). The summed E-state index contributed by atoms with van der Waals surface area (Å²) >= 11 is 0. The summed E-state index contributed by atoms with van der Waals surface area (Å²) < 4.78 is 16.4. The Balaban J connectivity index is 2.86. The zero-order valence-electron chi connectivity index (χ0n) is 15.3. The first-order valence-electron chi connectivity index (χ1n) is 7.78. The molecule has 0 atom stereocenters. The van der Waals surface area contributed by atoms with Gasteiger partial charge >= 0.3 is 0 Å². The van der Waals surface area contributed by atoms with Crippen LogP contribution in [0, 0.1) is 11.3 Å². The van der Waals surface area contributed by atoms with Crippen LogP contribution in [0.1, 0.15) is 17.0 Å². The third-order valence-corrected chi connectivity index (χ3v) is 3.85. The molecule has 0 saturated heterocycles. The summed E-state index contributed by atoms with van der Waals surface area (Å²) in [5, 5.41) is 13.3. The van der Waals surface area contributed by atoms with Gasteiger partial charge in [-0.2, -0.15) is 5.26 Å². The van der Waals surface area contributed by atoms with Gasteiger partial charge in [-0.05, 0) is 18.6 Å². The number of methoxy groups -OCH3 is 3. The molecule has 7 nitrogen and oxygen atoms in total. The third-order valence-electron chi connectivity index (χ3n) is 3.85. The Morgan fingerprint density at radius 1 is 1.15 bits per heavy atom. The number of nitrogens with zero attached hydrogens (tertiary/aromatic N) is 2. The third kappa shape index (κ3) is 3.35. The van der Waals surface area contributed by atoms with E-state index in [2.05, 4.69) is 22.8 Å². The lowest BCUT2D eigenvalue weighted by atomic mass is 9.96. The van der Waals surface area contributed by atoms with Crippen LogP contribution in [-0.2, 0) is 11.3 Å². The zero-order chi connectivity index (χ0) is 19.1. The van der Waals surface area contributed by atoms with E-state index in [1.807, 2.05) is 6.07 Å². The molecule has 7 heteroatoms. The number of nitriles is 1. The van der Waals surface area contributed by atoms with E-state index in [9.17, 15) is 5.26 Å². The Morgan fingerprint density at radius 2 is 1.88 bits per heavy atom. The van der Waals surface area contributed by atoms with E-state index in [1.165, 1.54) is 13.3 Å². The molecule has 0 unspecified atom stereocenters. The normalized spacial score (nSPS) is 10.4. The molecule has 1 N–H and O–H groups in total. The quantitative estimate of drug-likeness (QED) is 0.446.